The molecular formula is C16H25N3O2S. The Kier molecular flexibility index (Phi) is 7.66. The maximum atomic E-state index is 5.25. The zero-order chi connectivity index (χ0) is 16.5. The van der Waals surface area contributed by atoms with Crippen molar-refractivity contribution in [1.29, 1.82) is 0 Å². The molecule has 0 aliphatic heterocycles. The zero-order valence-electron chi connectivity index (χ0n) is 13.9. The van der Waals surface area contributed by atoms with Crippen LogP contribution < -0.4 is 20.2 Å². The van der Waals surface area contributed by atoms with Gasteiger partial charge >= 0.3 is 0 Å². The summed E-state index contributed by atoms with van der Waals surface area (Å²) >= 11 is 5.23. The lowest BCUT2D eigenvalue weighted by molar-refractivity contribution is 0.355. The molecule has 22 heavy (non-hydrogen) atoms. The summed E-state index contributed by atoms with van der Waals surface area (Å²) in [6.45, 7) is 6.39. The van der Waals surface area contributed by atoms with Crippen molar-refractivity contribution < 1.29 is 9.47 Å². The molecule has 6 heteroatoms. The number of rotatable bonds is 7. The van der Waals surface area contributed by atoms with Gasteiger partial charge in [0.25, 0.3) is 0 Å². The fourth-order valence-electron chi connectivity index (χ4n) is 1.77. The summed E-state index contributed by atoms with van der Waals surface area (Å²) in [6, 6.07) is 5.51. The number of nitrogens with one attached hydrogen (secondary N) is 2. The Labute approximate surface area is 138 Å². The largest absolute Gasteiger partial charge is 0.493 e. The Morgan fingerprint density at radius 2 is 1.91 bits per heavy atom. The Bertz CT molecular complexity index is 530. The number of anilines is 1. The van der Waals surface area contributed by atoms with Gasteiger partial charge in [-0.25, -0.2) is 0 Å². The number of hydrazone groups is 1. The molecular weight excluding hydrogens is 298 g/mol. The minimum absolute atomic E-state index is 0.441. The van der Waals surface area contributed by atoms with Crippen LogP contribution in [0, 0.1) is 5.92 Å². The van der Waals surface area contributed by atoms with Crippen LogP contribution in [0.1, 0.15) is 33.6 Å². The predicted molar refractivity (Wildman–Crippen MR) is 96.1 cm³/mol. The van der Waals surface area contributed by atoms with Gasteiger partial charge in [0.1, 0.15) is 0 Å². The third-order valence-electron chi connectivity index (χ3n) is 3.07. The lowest BCUT2D eigenvalue weighted by atomic mass is 10.1. The number of benzene rings is 1. The second-order valence-electron chi connectivity index (χ2n) is 5.42. The van der Waals surface area contributed by atoms with E-state index >= 15 is 0 Å². The molecule has 0 amide bonds. The lowest BCUT2D eigenvalue weighted by Gasteiger charge is -2.12. The highest BCUT2D eigenvalue weighted by atomic mass is 32.1. The first-order chi connectivity index (χ1) is 10.5. The summed E-state index contributed by atoms with van der Waals surface area (Å²) in [5.74, 6) is 1.99. The van der Waals surface area contributed by atoms with Crippen molar-refractivity contribution >= 4 is 28.7 Å². The predicted octanol–water partition coefficient (Wildman–Crippen LogP) is 3.80. The van der Waals surface area contributed by atoms with Crippen LogP contribution in [0.15, 0.2) is 23.3 Å². The number of ether oxygens (including phenoxy) is 2. The zero-order valence-corrected chi connectivity index (χ0v) is 14.7. The van der Waals surface area contributed by atoms with Crippen LogP contribution >= 0.6 is 12.2 Å². The summed E-state index contributed by atoms with van der Waals surface area (Å²) in [5.41, 5.74) is 4.70. The normalized spacial score (nSPS) is 11.3. The van der Waals surface area contributed by atoms with Crippen molar-refractivity contribution in [2.45, 2.75) is 33.6 Å². The third kappa shape index (κ3) is 6.30. The molecule has 5 nitrogen and oxygen atoms in total. The smallest absolute Gasteiger partial charge is 0.191 e. The van der Waals surface area contributed by atoms with Crippen molar-refractivity contribution in [2.75, 3.05) is 19.5 Å². The third-order valence-corrected chi connectivity index (χ3v) is 3.27. The molecule has 0 aliphatic carbocycles. The molecule has 0 bridgehead atoms. The molecule has 0 atom stereocenters. The molecule has 0 unspecified atom stereocenters. The van der Waals surface area contributed by atoms with E-state index in [-0.39, 0.29) is 0 Å². The Hall–Kier alpha value is -1.82. The molecule has 0 heterocycles. The van der Waals surface area contributed by atoms with Crippen molar-refractivity contribution in [2.24, 2.45) is 11.0 Å². The SMILES string of the molecule is COc1ccc(NC(=S)N/N=C(/C)CCC(C)C)cc1OC. The molecule has 0 fully saturated rings. The first kappa shape index (κ1) is 18.2. The lowest BCUT2D eigenvalue weighted by Crippen LogP contribution is -2.24. The maximum Gasteiger partial charge on any atom is 0.191 e. The van der Waals surface area contributed by atoms with E-state index in [9.17, 15) is 0 Å². The van der Waals surface area contributed by atoms with E-state index in [2.05, 4.69) is 29.7 Å². The number of thiocarbonyl (C=S) groups is 1. The first-order valence-electron chi connectivity index (χ1n) is 7.28. The molecule has 0 aromatic heterocycles. The summed E-state index contributed by atoms with van der Waals surface area (Å²) in [6.07, 6.45) is 2.08. The molecule has 0 radical (unpaired) electrons. The summed E-state index contributed by atoms with van der Waals surface area (Å²) < 4.78 is 10.5. The average Bonchev–Trinajstić information content (AvgIpc) is 2.50. The number of hydrogen-bond donors (Lipinski definition) is 2. The minimum Gasteiger partial charge on any atom is -0.493 e. The number of hydrogen-bond acceptors (Lipinski definition) is 4. The van der Waals surface area contributed by atoms with Gasteiger partial charge in [-0.15, -0.1) is 0 Å². The fourth-order valence-corrected chi connectivity index (χ4v) is 1.94. The van der Waals surface area contributed by atoms with Crippen LogP contribution in [-0.2, 0) is 0 Å². The maximum absolute atomic E-state index is 5.25. The number of methoxy groups -OCH3 is 2. The second-order valence-corrected chi connectivity index (χ2v) is 5.82. The van der Waals surface area contributed by atoms with Gasteiger partial charge in [0.2, 0.25) is 0 Å². The highest BCUT2D eigenvalue weighted by molar-refractivity contribution is 7.80. The summed E-state index contributed by atoms with van der Waals surface area (Å²) in [4.78, 5) is 0. The standard InChI is InChI=1S/C16H25N3O2S/c1-11(2)6-7-12(3)18-19-16(22)17-13-8-9-14(20-4)15(10-13)21-5/h8-11H,6-7H2,1-5H3,(H2,17,19,22)/b18-12-. The molecule has 1 rings (SSSR count). The van der Waals surface area contributed by atoms with E-state index in [1.54, 1.807) is 14.2 Å². The summed E-state index contributed by atoms with van der Waals surface area (Å²) in [5, 5.41) is 7.78. The second kappa shape index (κ2) is 9.25. The van der Waals surface area contributed by atoms with Crippen molar-refractivity contribution in [3.05, 3.63) is 18.2 Å². The topological polar surface area (TPSA) is 54.9 Å². The summed E-state index contributed by atoms with van der Waals surface area (Å²) in [7, 11) is 3.20. The minimum atomic E-state index is 0.441. The van der Waals surface area contributed by atoms with Gasteiger partial charge < -0.3 is 14.8 Å². The van der Waals surface area contributed by atoms with E-state index in [4.69, 9.17) is 21.7 Å². The highest BCUT2D eigenvalue weighted by Crippen LogP contribution is 2.29. The van der Waals surface area contributed by atoms with Gasteiger partial charge in [-0.2, -0.15) is 5.10 Å². The van der Waals surface area contributed by atoms with Crippen molar-refractivity contribution in [3.8, 4) is 11.5 Å². The van der Waals surface area contributed by atoms with Crippen LogP contribution in [0.2, 0.25) is 0 Å². The van der Waals surface area contributed by atoms with E-state index in [1.165, 1.54) is 0 Å². The fraction of sp³-hybridized carbons (Fsp3) is 0.500. The molecule has 122 valence electrons. The van der Waals surface area contributed by atoms with Gasteiger partial charge in [-0.1, -0.05) is 13.8 Å². The molecule has 0 saturated heterocycles. The van der Waals surface area contributed by atoms with E-state index in [0.717, 1.165) is 24.2 Å². The highest BCUT2D eigenvalue weighted by Gasteiger charge is 2.05. The van der Waals surface area contributed by atoms with Crippen LogP contribution in [0.4, 0.5) is 5.69 Å². The monoisotopic (exact) mass is 323 g/mol. The van der Waals surface area contributed by atoms with Crippen LogP contribution in [0.5, 0.6) is 11.5 Å². The Balaban J connectivity index is 2.56. The molecule has 2 N–H and O–H groups in total. The first-order valence-corrected chi connectivity index (χ1v) is 7.69. The Morgan fingerprint density at radius 1 is 1.23 bits per heavy atom. The van der Waals surface area contributed by atoms with Gasteiger partial charge in [0, 0.05) is 17.5 Å². The van der Waals surface area contributed by atoms with Gasteiger partial charge in [0.15, 0.2) is 16.6 Å². The number of nitrogens with zero attached hydrogens (tertiary/aromatic N) is 1. The van der Waals surface area contributed by atoms with E-state index in [1.807, 2.05) is 25.1 Å². The quantitative estimate of drug-likeness (QED) is 0.454. The van der Waals surface area contributed by atoms with E-state index < -0.39 is 0 Å². The van der Waals surface area contributed by atoms with Crippen LogP contribution in [0.25, 0.3) is 0 Å². The average molecular weight is 323 g/mol. The molecule has 0 aliphatic rings. The van der Waals surface area contributed by atoms with Crippen molar-refractivity contribution in [1.82, 2.24) is 5.43 Å². The van der Waals surface area contributed by atoms with Gasteiger partial charge in [-0.05, 0) is 50.0 Å². The van der Waals surface area contributed by atoms with E-state index in [0.29, 0.717) is 22.5 Å². The molecule has 1 aromatic carbocycles. The van der Waals surface area contributed by atoms with Crippen molar-refractivity contribution in [3.63, 3.8) is 0 Å². The van der Waals surface area contributed by atoms with Gasteiger partial charge in [-0.3, -0.25) is 5.43 Å². The molecule has 0 saturated carbocycles. The molecule has 1 aromatic rings. The van der Waals surface area contributed by atoms with Gasteiger partial charge in [0.05, 0.1) is 14.2 Å². The molecule has 0 spiro atoms. The Morgan fingerprint density at radius 3 is 2.50 bits per heavy atom. The van der Waals surface area contributed by atoms with Crippen LogP contribution in [-0.4, -0.2) is 25.0 Å². The van der Waals surface area contributed by atoms with Crippen LogP contribution in [0.3, 0.4) is 0 Å².